The number of carbonyl (C=O) groups is 1. The van der Waals surface area contributed by atoms with Crippen LogP contribution in [0.1, 0.15) is 41.8 Å². The molecule has 1 amide bonds. The van der Waals surface area contributed by atoms with E-state index in [0.717, 1.165) is 24.1 Å². The van der Waals surface area contributed by atoms with Crippen molar-refractivity contribution in [1.82, 2.24) is 10.4 Å². The van der Waals surface area contributed by atoms with Crippen LogP contribution in [0.2, 0.25) is 0 Å². The van der Waals surface area contributed by atoms with Crippen LogP contribution in [0.15, 0.2) is 53.9 Å². The van der Waals surface area contributed by atoms with Gasteiger partial charge in [0.25, 0.3) is 5.91 Å². The smallest absolute Gasteiger partial charge is 0.267 e. The van der Waals surface area contributed by atoms with Crippen LogP contribution in [0.4, 0.5) is 0 Å². The summed E-state index contributed by atoms with van der Waals surface area (Å²) < 4.78 is 0. The highest BCUT2D eigenvalue weighted by Crippen LogP contribution is 2.07. The highest BCUT2D eigenvalue weighted by molar-refractivity contribution is 6.00. The van der Waals surface area contributed by atoms with Gasteiger partial charge in [-0.1, -0.05) is 37.6 Å². The molecule has 0 aliphatic carbocycles. The maximum absolute atomic E-state index is 11.9. The third-order valence-electron chi connectivity index (χ3n) is 3.18. The van der Waals surface area contributed by atoms with E-state index in [4.69, 9.17) is 0 Å². The van der Waals surface area contributed by atoms with E-state index in [1.54, 1.807) is 24.5 Å². The number of carbonyl (C=O) groups excluding carboxylic acids is 1. The van der Waals surface area contributed by atoms with Gasteiger partial charge in [-0.05, 0) is 36.6 Å². The highest BCUT2D eigenvalue weighted by atomic mass is 16.2. The first kappa shape index (κ1) is 14.9. The van der Waals surface area contributed by atoms with Gasteiger partial charge in [-0.3, -0.25) is 9.78 Å². The zero-order chi connectivity index (χ0) is 15.1. The number of aromatic nitrogens is 1. The topological polar surface area (TPSA) is 54.4 Å². The minimum Gasteiger partial charge on any atom is -0.267 e. The van der Waals surface area contributed by atoms with E-state index in [2.05, 4.69) is 34.6 Å². The Kier molecular flexibility index (Phi) is 5.21. The first-order valence-electron chi connectivity index (χ1n) is 7.04. The Morgan fingerprint density at radius 3 is 2.38 bits per heavy atom. The average molecular weight is 281 g/mol. The molecule has 1 aromatic heterocycles. The van der Waals surface area contributed by atoms with E-state index < -0.39 is 0 Å². The molecule has 0 fully saturated rings. The summed E-state index contributed by atoms with van der Waals surface area (Å²) in [5.41, 5.74) is 6.20. The predicted molar refractivity (Wildman–Crippen MR) is 84.4 cm³/mol. The fourth-order valence-corrected chi connectivity index (χ4v) is 1.97. The lowest BCUT2D eigenvalue weighted by molar-refractivity contribution is 0.0954. The van der Waals surface area contributed by atoms with E-state index in [-0.39, 0.29) is 5.91 Å². The minimum absolute atomic E-state index is 0.237. The van der Waals surface area contributed by atoms with E-state index in [9.17, 15) is 4.79 Å². The van der Waals surface area contributed by atoms with Gasteiger partial charge in [0.1, 0.15) is 0 Å². The third kappa shape index (κ3) is 4.24. The van der Waals surface area contributed by atoms with Crippen LogP contribution >= 0.6 is 0 Å². The maximum Gasteiger partial charge on any atom is 0.271 e. The molecule has 0 radical (unpaired) electrons. The Balaban J connectivity index is 2.02. The van der Waals surface area contributed by atoms with Crippen LogP contribution in [0.25, 0.3) is 0 Å². The fourth-order valence-electron chi connectivity index (χ4n) is 1.97. The van der Waals surface area contributed by atoms with Crippen molar-refractivity contribution in [2.75, 3.05) is 0 Å². The molecule has 108 valence electrons. The van der Waals surface area contributed by atoms with E-state index in [1.807, 2.05) is 19.1 Å². The number of rotatable bonds is 5. The largest absolute Gasteiger partial charge is 0.271 e. The number of aryl methyl sites for hydroxylation is 1. The molecule has 0 bridgehead atoms. The summed E-state index contributed by atoms with van der Waals surface area (Å²) in [7, 11) is 0. The molecule has 0 atom stereocenters. The fraction of sp³-hybridized carbons (Fsp3) is 0.235. The molecule has 0 spiro atoms. The van der Waals surface area contributed by atoms with Crippen molar-refractivity contribution in [2.24, 2.45) is 5.10 Å². The molecule has 1 aromatic carbocycles. The lowest BCUT2D eigenvalue weighted by atomic mass is 10.1. The molecule has 21 heavy (non-hydrogen) atoms. The lowest BCUT2D eigenvalue weighted by Crippen LogP contribution is -2.19. The summed E-state index contributed by atoms with van der Waals surface area (Å²) in [5, 5.41) is 4.14. The second-order valence-corrected chi connectivity index (χ2v) is 4.82. The molecule has 4 heteroatoms. The Bertz CT molecular complexity index is 618. The number of hydrazone groups is 1. The molecule has 0 aliphatic heterocycles. The molecular formula is C17H19N3O. The summed E-state index contributed by atoms with van der Waals surface area (Å²) in [6.07, 6.45) is 5.37. The van der Waals surface area contributed by atoms with Crippen LogP contribution in [0, 0.1) is 0 Å². The summed E-state index contributed by atoms with van der Waals surface area (Å²) in [4.78, 5) is 15.8. The van der Waals surface area contributed by atoms with Crippen LogP contribution in [-0.4, -0.2) is 16.6 Å². The first-order valence-corrected chi connectivity index (χ1v) is 7.04. The monoisotopic (exact) mass is 281 g/mol. The van der Waals surface area contributed by atoms with Crippen molar-refractivity contribution in [3.8, 4) is 0 Å². The zero-order valence-electron chi connectivity index (χ0n) is 12.3. The molecule has 0 saturated carbocycles. The van der Waals surface area contributed by atoms with Crippen LogP contribution in [0.3, 0.4) is 0 Å². The number of nitrogens with zero attached hydrogens (tertiary/aromatic N) is 2. The molecule has 0 aliphatic rings. The van der Waals surface area contributed by atoms with Gasteiger partial charge in [-0.2, -0.15) is 5.10 Å². The van der Waals surface area contributed by atoms with Crippen molar-refractivity contribution in [3.63, 3.8) is 0 Å². The van der Waals surface area contributed by atoms with Gasteiger partial charge in [0, 0.05) is 18.0 Å². The third-order valence-corrected chi connectivity index (χ3v) is 3.18. The highest BCUT2D eigenvalue weighted by Gasteiger charge is 2.04. The Morgan fingerprint density at radius 2 is 1.76 bits per heavy atom. The number of hydrogen-bond acceptors (Lipinski definition) is 3. The Labute approximate surface area is 124 Å². The quantitative estimate of drug-likeness (QED) is 0.676. The predicted octanol–water partition coefficient (Wildman–Crippen LogP) is 3.19. The zero-order valence-corrected chi connectivity index (χ0v) is 12.3. The molecule has 4 nitrogen and oxygen atoms in total. The van der Waals surface area contributed by atoms with E-state index >= 15 is 0 Å². The van der Waals surface area contributed by atoms with Crippen molar-refractivity contribution in [2.45, 2.75) is 26.7 Å². The first-order chi connectivity index (χ1) is 10.2. The van der Waals surface area contributed by atoms with Crippen molar-refractivity contribution in [3.05, 3.63) is 65.5 Å². The summed E-state index contributed by atoms with van der Waals surface area (Å²) >= 11 is 0. The molecule has 1 heterocycles. The molecule has 1 N–H and O–H groups in total. The second-order valence-electron chi connectivity index (χ2n) is 4.82. The van der Waals surface area contributed by atoms with Gasteiger partial charge < -0.3 is 0 Å². The van der Waals surface area contributed by atoms with Crippen molar-refractivity contribution < 1.29 is 4.79 Å². The summed E-state index contributed by atoms with van der Waals surface area (Å²) in [6, 6.07) is 11.6. The van der Waals surface area contributed by atoms with E-state index in [1.165, 1.54) is 5.56 Å². The average Bonchev–Trinajstić information content (AvgIpc) is 2.54. The van der Waals surface area contributed by atoms with Crippen LogP contribution in [0.5, 0.6) is 0 Å². The van der Waals surface area contributed by atoms with Crippen LogP contribution < -0.4 is 5.43 Å². The molecule has 2 rings (SSSR count). The number of benzene rings is 1. The normalized spacial score (nSPS) is 11.2. The Morgan fingerprint density at radius 1 is 1.10 bits per heavy atom. The van der Waals surface area contributed by atoms with Gasteiger partial charge in [-0.15, -0.1) is 0 Å². The molecule has 0 unspecified atom stereocenters. The van der Waals surface area contributed by atoms with Gasteiger partial charge >= 0.3 is 0 Å². The lowest BCUT2D eigenvalue weighted by Gasteiger charge is -2.04. The standard InChI is InChI=1S/C17H19N3O/c1-3-4-14-5-7-15(8-6-14)13(2)19-20-17(21)16-9-11-18-12-10-16/h5-12H,3-4H2,1-2H3,(H,20,21). The maximum atomic E-state index is 11.9. The second kappa shape index (κ2) is 7.33. The molecule has 2 aromatic rings. The minimum atomic E-state index is -0.237. The molecule has 0 saturated heterocycles. The number of amides is 1. The van der Waals surface area contributed by atoms with Crippen molar-refractivity contribution in [1.29, 1.82) is 0 Å². The van der Waals surface area contributed by atoms with Gasteiger partial charge in [0.2, 0.25) is 0 Å². The SMILES string of the molecule is CCCc1ccc(C(C)=NNC(=O)c2ccncc2)cc1. The van der Waals surface area contributed by atoms with Gasteiger partial charge in [-0.25, -0.2) is 5.43 Å². The molecular weight excluding hydrogens is 262 g/mol. The Hall–Kier alpha value is -2.49. The van der Waals surface area contributed by atoms with Crippen molar-refractivity contribution >= 4 is 11.6 Å². The summed E-state index contributed by atoms with van der Waals surface area (Å²) in [6.45, 7) is 4.04. The number of nitrogens with one attached hydrogen (secondary N) is 1. The summed E-state index contributed by atoms with van der Waals surface area (Å²) in [5.74, 6) is -0.237. The van der Waals surface area contributed by atoms with E-state index in [0.29, 0.717) is 5.56 Å². The van der Waals surface area contributed by atoms with Gasteiger partial charge in [0.15, 0.2) is 0 Å². The number of pyridine rings is 1. The number of hydrogen-bond donors (Lipinski definition) is 1. The van der Waals surface area contributed by atoms with Crippen LogP contribution in [-0.2, 0) is 6.42 Å². The van der Waals surface area contributed by atoms with Gasteiger partial charge in [0.05, 0.1) is 5.71 Å².